The maximum Gasteiger partial charge on any atom is 0.422 e. The Balaban J connectivity index is 2.15. The van der Waals surface area contributed by atoms with Gasteiger partial charge in [-0.05, 0) is 24.3 Å². The summed E-state index contributed by atoms with van der Waals surface area (Å²) < 4.78 is 43.7. The van der Waals surface area contributed by atoms with Crippen molar-refractivity contribution in [3.05, 3.63) is 27.7 Å². The van der Waals surface area contributed by atoms with Crippen LogP contribution < -0.4 is 5.56 Å². The molecule has 2 rings (SSSR count). The van der Waals surface area contributed by atoms with Crippen molar-refractivity contribution in [2.45, 2.75) is 31.0 Å². The van der Waals surface area contributed by atoms with Crippen molar-refractivity contribution >= 4 is 0 Å². The molecule has 1 aromatic heterocycles. The van der Waals surface area contributed by atoms with Gasteiger partial charge in [0.25, 0.3) is 5.56 Å². The summed E-state index contributed by atoms with van der Waals surface area (Å²) in [5, 5.41) is 13.8. The van der Waals surface area contributed by atoms with Crippen LogP contribution in [0.15, 0.2) is 11.0 Å². The highest BCUT2D eigenvalue weighted by molar-refractivity contribution is 5.29. The molecule has 1 saturated carbocycles. The van der Waals surface area contributed by atoms with Crippen LogP contribution in [-0.4, -0.2) is 34.6 Å². The molecule has 19 heavy (non-hydrogen) atoms. The Bertz CT molecular complexity index is 495. The van der Waals surface area contributed by atoms with Gasteiger partial charge >= 0.3 is 6.18 Å². The van der Waals surface area contributed by atoms with Crippen molar-refractivity contribution in [1.29, 1.82) is 0 Å². The average molecular weight is 278 g/mol. The average Bonchev–Trinajstić information content (AvgIpc) is 2.25. The largest absolute Gasteiger partial charge is 0.422 e. The molecular formula is C11H13F3N2O3. The second-order valence-corrected chi connectivity index (χ2v) is 4.41. The van der Waals surface area contributed by atoms with Crippen LogP contribution in [0, 0.1) is 0 Å². The molecule has 0 aromatic carbocycles. The molecule has 106 valence electrons. The topological polar surface area (TPSA) is 75.2 Å². The first-order valence-corrected chi connectivity index (χ1v) is 5.80. The molecule has 1 aliphatic carbocycles. The zero-order valence-corrected chi connectivity index (χ0v) is 9.91. The number of nitrogens with zero attached hydrogens (tertiary/aromatic N) is 1. The molecule has 5 nitrogen and oxygen atoms in total. The Morgan fingerprint density at radius 1 is 1.47 bits per heavy atom. The quantitative estimate of drug-likeness (QED) is 0.863. The fourth-order valence-electron chi connectivity index (χ4n) is 2.19. The number of nitrogens with one attached hydrogen (secondary N) is 1. The molecule has 0 aliphatic heterocycles. The molecule has 8 heteroatoms. The van der Waals surface area contributed by atoms with E-state index in [4.69, 9.17) is 9.84 Å². The standard InChI is InChI=1S/C11H13F3N2O3/c12-11(13,14)9-8(5-15-16-10(9)18)6-3-7(4-6)19-2-1-17/h5-7,17H,1-4H2,(H,16,18). The Kier molecular flexibility index (Phi) is 3.91. The summed E-state index contributed by atoms with van der Waals surface area (Å²) in [5.74, 6) is -0.380. The van der Waals surface area contributed by atoms with Crippen molar-refractivity contribution in [2.24, 2.45) is 0 Å². The predicted octanol–water partition coefficient (Wildman–Crippen LogP) is 1.04. The van der Waals surface area contributed by atoms with Crippen LogP contribution in [-0.2, 0) is 10.9 Å². The molecule has 0 spiro atoms. The predicted molar refractivity (Wildman–Crippen MR) is 58.7 cm³/mol. The number of ether oxygens (including phenoxy) is 1. The summed E-state index contributed by atoms with van der Waals surface area (Å²) in [6.45, 7) is 0.0403. The number of aliphatic hydroxyl groups is 1. The van der Waals surface area contributed by atoms with Crippen LogP contribution in [0.2, 0.25) is 0 Å². The van der Waals surface area contributed by atoms with E-state index in [1.807, 2.05) is 0 Å². The summed E-state index contributed by atoms with van der Waals surface area (Å²) in [5.41, 5.74) is -2.47. The van der Waals surface area contributed by atoms with Gasteiger partial charge in [-0.15, -0.1) is 0 Å². The summed E-state index contributed by atoms with van der Waals surface area (Å²) in [7, 11) is 0. The summed E-state index contributed by atoms with van der Waals surface area (Å²) in [6, 6.07) is 0. The molecule has 0 radical (unpaired) electrons. The van der Waals surface area contributed by atoms with Gasteiger partial charge in [-0.1, -0.05) is 0 Å². The van der Waals surface area contributed by atoms with Gasteiger partial charge in [0.05, 0.1) is 25.5 Å². The van der Waals surface area contributed by atoms with Gasteiger partial charge in [-0.25, -0.2) is 5.10 Å². The van der Waals surface area contributed by atoms with Crippen molar-refractivity contribution in [3.63, 3.8) is 0 Å². The first kappa shape index (κ1) is 14.0. The van der Waals surface area contributed by atoms with Gasteiger partial charge in [0.2, 0.25) is 0 Å². The minimum absolute atomic E-state index is 0.0832. The number of aliphatic hydroxyl groups excluding tert-OH is 1. The molecule has 0 saturated heterocycles. The third-order valence-electron chi connectivity index (χ3n) is 3.15. The normalized spacial score (nSPS) is 23.2. The zero-order chi connectivity index (χ0) is 14.0. The molecule has 1 fully saturated rings. The monoisotopic (exact) mass is 278 g/mol. The van der Waals surface area contributed by atoms with E-state index in [2.05, 4.69) is 5.10 Å². The third-order valence-corrected chi connectivity index (χ3v) is 3.15. The second-order valence-electron chi connectivity index (χ2n) is 4.41. The Morgan fingerprint density at radius 3 is 2.74 bits per heavy atom. The SMILES string of the molecule is O=c1[nH]ncc(C2CC(OCCO)C2)c1C(F)(F)F. The smallest absolute Gasteiger partial charge is 0.394 e. The molecule has 0 unspecified atom stereocenters. The molecule has 0 amide bonds. The lowest BCUT2D eigenvalue weighted by Crippen LogP contribution is -2.34. The molecular weight excluding hydrogens is 265 g/mol. The number of aromatic nitrogens is 2. The maximum absolute atomic E-state index is 12.8. The van der Waals surface area contributed by atoms with Gasteiger partial charge in [-0.3, -0.25) is 4.79 Å². The molecule has 1 heterocycles. The van der Waals surface area contributed by atoms with Gasteiger partial charge in [0.15, 0.2) is 0 Å². The maximum atomic E-state index is 12.8. The fourth-order valence-corrected chi connectivity index (χ4v) is 2.19. The summed E-state index contributed by atoms with van der Waals surface area (Å²) in [4.78, 5) is 11.3. The summed E-state index contributed by atoms with van der Waals surface area (Å²) in [6.07, 6.45) is -3.01. The lowest BCUT2D eigenvalue weighted by atomic mass is 9.76. The van der Waals surface area contributed by atoms with Crippen LogP contribution in [0.1, 0.15) is 29.9 Å². The third kappa shape index (κ3) is 2.95. The fraction of sp³-hybridized carbons (Fsp3) is 0.636. The van der Waals surface area contributed by atoms with Crippen LogP contribution in [0.3, 0.4) is 0 Å². The minimum Gasteiger partial charge on any atom is -0.394 e. The molecule has 2 N–H and O–H groups in total. The number of hydrogen-bond acceptors (Lipinski definition) is 4. The number of rotatable bonds is 4. The van der Waals surface area contributed by atoms with Crippen molar-refractivity contribution in [1.82, 2.24) is 10.2 Å². The van der Waals surface area contributed by atoms with E-state index in [0.717, 1.165) is 6.20 Å². The minimum atomic E-state index is -4.69. The summed E-state index contributed by atoms with van der Waals surface area (Å²) >= 11 is 0. The Hall–Kier alpha value is -1.41. The molecule has 1 aromatic rings. The van der Waals surface area contributed by atoms with Crippen LogP contribution in [0.4, 0.5) is 13.2 Å². The van der Waals surface area contributed by atoms with Crippen LogP contribution in [0.25, 0.3) is 0 Å². The van der Waals surface area contributed by atoms with E-state index in [9.17, 15) is 18.0 Å². The van der Waals surface area contributed by atoms with Crippen molar-refractivity contribution < 1.29 is 23.0 Å². The highest BCUT2D eigenvalue weighted by atomic mass is 19.4. The van der Waals surface area contributed by atoms with Crippen molar-refractivity contribution in [2.75, 3.05) is 13.2 Å². The number of hydrogen-bond donors (Lipinski definition) is 2. The first-order valence-electron chi connectivity index (χ1n) is 5.80. The number of H-pyrrole nitrogens is 1. The number of halogens is 3. The van der Waals surface area contributed by atoms with E-state index in [-0.39, 0.29) is 30.8 Å². The van der Waals surface area contributed by atoms with E-state index in [1.54, 1.807) is 5.10 Å². The van der Waals surface area contributed by atoms with Gasteiger partial charge in [-0.2, -0.15) is 18.3 Å². The van der Waals surface area contributed by atoms with Crippen molar-refractivity contribution in [3.8, 4) is 0 Å². The highest BCUT2D eigenvalue weighted by Crippen LogP contribution is 2.42. The van der Waals surface area contributed by atoms with E-state index < -0.39 is 17.3 Å². The second kappa shape index (κ2) is 5.30. The van der Waals surface area contributed by atoms with Gasteiger partial charge in [0, 0.05) is 0 Å². The number of alkyl halides is 3. The van der Waals surface area contributed by atoms with E-state index in [0.29, 0.717) is 12.8 Å². The molecule has 0 bridgehead atoms. The molecule has 1 aliphatic rings. The number of aromatic amines is 1. The molecule has 0 atom stereocenters. The van der Waals surface area contributed by atoms with Crippen LogP contribution in [0.5, 0.6) is 0 Å². The Labute approximate surface area is 106 Å². The van der Waals surface area contributed by atoms with Crippen LogP contribution >= 0.6 is 0 Å². The van der Waals surface area contributed by atoms with E-state index >= 15 is 0 Å². The van der Waals surface area contributed by atoms with E-state index in [1.165, 1.54) is 0 Å². The van der Waals surface area contributed by atoms with Gasteiger partial charge < -0.3 is 9.84 Å². The Morgan fingerprint density at radius 2 is 2.16 bits per heavy atom. The lowest BCUT2D eigenvalue weighted by molar-refractivity contribution is -0.140. The lowest BCUT2D eigenvalue weighted by Gasteiger charge is -2.35. The first-order chi connectivity index (χ1) is 8.93. The highest BCUT2D eigenvalue weighted by Gasteiger charge is 2.42. The zero-order valence-electron chi connectivity index (χ0n) is 9.91. The van der Waals surface area contributed by atoms with Gasteiger partial charge in [0.1, 0.15) is 5.56 Å².